The van der Waals surface area contributed by atoms with E-state index in [2.05, 4.69) is 40.9 Å². The molecule has 6 nitrogen and oxygen atoms in total. The Morgan fingerprint density at radius 2 is 1.90 bits per heavy atom. The number of nitrogen functional groups attached to an aromatic ring is 1. The first kappa shape index (κ1) is 15.7. The standard InChI is InChI=1S/C15H26N6/c1-4-11-12(5-2)18-19-15(13(11)14(16)17)21-8-6-7-20(3)9-10-21/h4-10H2,1-3H3,(H3,16,17). The van der Waals surface area contributed by atoms with E-state index in [9.17, 15) is 0 Å². The quantitative estimate of drug-likeness (QED) is 0.639. The maximum Gasteiger partial charge on any atom is 0.162 e. The second-order valence-corrected chi connectivity index (χ2v) is 5.59. The number of nitrogens with two attached hydrogens (primary N) is 1. The lowest BCUT2D eigenvalue weighted by atomic mass is 10.0. The van der Waals surface area contributed by atoms with Crippen LogP contribution in [0, 0.1) is 5.41 Å². The first-order chi connectivity index (χ1) is 10.1. The molecule has 2 heterocycles. The molecule has 1 aliphatic heterocycles. The molecule has 0 atom stereocenters. The van der Waals surface area contributed by atoms with Crippen LogP contribution in [0.25, 0.3) is 0 Å². The molecule has 0 saturated carbocycles. The maximum absolute atomic E-state index is 7.98. The van der Waals surface area contributed by atoms with Crippen molar-refractivity contribution in [1.29, 1.82) is 5.41 Å². The third-order valence-electron chi connectivity index (χ3n) is 4.12. The highest BCUT2D eigenvalue weighted by atomic mass is 15.3. The Morgan fingerprint density at radius 1 is 1.14 bits per heavy atom. The van der Waals surface area contributed by atoms with Crippen LogP contribution in [0.3, 0.4) is 0 Å². The third kappa shape index (κ3) is 3.32. The van der Waals surface area contributed by atoms with E-state index in [0.717, 1.165) is 68.1 Å². The van der Waals surface area contributed by atoms with Crippen LogP contribution in [0.15, 0.2) is 0 Å². The van der Waals surface area contributed by atoms with Gasteiger partial charge in [-0.2, -0.15) is 5.10 Å². The van der Waals surface area contributed by atoms with E-state index in [4.69, 9.17) is 11.1 Å². The number of anilines is 1. The van der Waals surface area contributed by atoms with Gasteiger partial charge in [-0.05, 0) is 38.4 Å². The Labute approximate surface area is 126 Å². The molecule has 21 heavy (non-hydrogen) atoms. The van der Waals surface area contributed by atoms with Crippen molar-refractivity contribution in [3.63, 3.8) is 0 Å². The number of aromatic nitrogens is 2. The van der Waals surface area contributed by atoms with Gasteiger partial charge in [0.05, 0.1) is 11.3 Å². The Bertz CT molecular complexity index is 513. The number of aryl methyl sites for hydroxylation is 1. The van der Waals surface area contributed by atoms with Gasteiger partial charge in [0.15, 0.2) is 5.82 Å². The minimum atomic E-state index is 0.101. The maximum atomic E-state index is 7.98. The van der Waals surface area contributed by atoms with E-state index in [1.54, 1.807) is 0 Å². The molecule has 1 aromatic rings. The van der Waals surface area contributed by atoms with Crippen molar-refractivity contribution in [2.75, 3.05) is 38.1 Å². The highest BCUT2D eigenvalue weighted by molar-refractivity contribution is 6.01. The lowest BCUT2D eigenvalue weighted by Crippen LogP contribution is -2.32. The summed E-state index contributed by atoms with van der Waals surface area (Å²) >= 11 is 0. The monoisotopic (exact) mass is 290 g/mol. The first-order valence-electron chi connectivity index (χ1n) is 7.74. The molecular weight excluding hydrogens is 264 g/mol. The van der Waals surface area contributed by atoms with Crippen LogP contribution in [0.4, 0.5) is 5.82 Å². The zero-order valence-corrected chi connectivity index (χ0v) is 13.3. The van der Waals surface area contributed by atoms with Crippen LogP contribution in [0.5, 0.6) is 0 Å². The number of amidine groups is 1. The molecule has 1 aromatic heterocycles. The summed E-state index contributed by atoms with van der Waals surface area (Å²) in [6.45, 7) is 8.08. The minimum Gasteiger partial charge on any atom is -0.384 e. The summed E-state index contributed by atoms with van der Waals surface area (Å²) < 4.78 is 0. The minimum absolute atomic E-state index is 0.101. The zero-order valence-electron chi connectivity index (χ0n) is 13.3. The number of hydrogen-bond donors (Lipinski definition) is 2. The van der Waals surface area contributed by atoms with Crippen molar-refractivity contribution >= 4 is 11.7 Å². The predicted molar refractivity (Wildman–Crippen MR) is 86.1 cm³/mol. The summed E-state index contributed by atoms with van der Waals surface area (Å²) in [5, 5.41) is 16.8. The van der Waals surface area contributed by atoms with Crippen LogP contribution in [-0.2, 0) is 12.8 Å². The first-order valence-corrected chi connectivity index (χ1v) is 7.74. The van der Waals surface area contributed by atoms with E-state index >= 15 is 0 Å². The van der Waals surface area contributed by atoms with Crippen molar-refractivity contribution < 1.29 is 0 Å². The predicted octanol–water partition coefficient (Wildman–Crippen LogP) is 1.03. The Kier molecular flexibility index (Phi) is 5.12. The van der Waals surface area contributed by atoms with Gasteiger partial charge in [0.25, 0.3) is 0 Å². The molecule has 0 bridgehead atoms. The largest absolute Gasteiger partial charge is 0.384 e. The topological polar surface area (TPSA) is 82.1 Å². The summed E-state index contributed by atoms with van der Waals surface area (Å²) in [5.41, 5.74) is 8.69. The molecule has 0 amide bonds. The summed E-state index contributed by atoms with van der Waals surface area (Å²) in [7, 11) is 2.14. The lowest BCUT2D eigenvalue weighted by Gasteiger charge is -2.25. The van der Waals surface area contributed by atoms with Crippen molar-refractivity contribution in [3.05, 3.63) is 16.8 Å². The molecule has 0 unspecified atom stereocenters. The highest BCUT2D eigenvalue weighted by Crippen LogP contribution is 2.24. The Hall–Kier alpha value is -1.69. The van der Waals surface area contributed by atoms with Gasteiger partial charge in [0.2, 0.25) is 0 Å². The molecule has 3 N–H and O–H groups in total. The van der Waals surface area contributed by atoms with Gasteiger partial charge in [0.1, 0.15) is 5.84 Å². The van der Waals surface area contributed by atoms with E-state index in [-0.39, 0.29) is 5.84 Å². The van der Waals surface area contributed by atoms with Crippen LogP contribution in [0.1, 0.15) is 37.1 Å². The molecule has 0 aliphatic carbocycles. The van der Waals surface area contributed by atoms with Gasteiger partial charge in [0, 0.05) is 19.6 Å². The van der Waals surface area contributed by atoms with Gasteiger partial charge < -0.3 is 15.5 Å². The molecule has 1 aliphatic rings. The lowest BCUT2D eigenvalue weighted by molar-refractivity contribution is 0.360. The van der Waals surface area contributed by atoms with Gasteiger partial charge in [-0.1, -0.05) is 13.8 Å². The van der Waals surface area contributed by atoms with E-state index in [1.807, 2.05) is 0 Å². The molecule has 0 radical (unpaired) electrons. The molecule has 1 saturated heterocycles. The summed E-state index contributed by atoms with van der Waals surface area (Å²) in [6, 6.07) is 0. The molecule has 1 fully saturated rings. The van der Waals surface area contributed by atoms with Gasteiger partial charge in [-0.25, -0.2) is 0 Å². The summed E-state index contributed by atoms with van der Waals surface area (Å²) in [4.78, 5) is 4.55. The molecular formula is C15H26N6. The summed E-state index contributed by atoms with van der Waals surface area (Å²) in [5.74, 6) is 0.885. The highest BCUT2D eigenvalue weighted by Gasteiger charge is 2.22. The van der Waals surface area contributed by atoms with Gasteiger partial charge >= 0.3 is 0 Å². The van der Waals surface area contributed by atoms with E-state index in [0.29, 0.717) is 0 Å². The smallest absolute Gasteiger partial charge is 0.162 e. The van der Waals surface area contributed by atoms with Crippen molar-refractivity contribution in [2.24, 2.45) is 5.73 Å². The van der Waals surface area contributed by atoms with Crippen LogP contribution >= 0.6 is 0 Å². The van der Waals surface area contributed by atoms with Gasteiger partial charge in [-0.15, -0.1) is 5.10 Å². The van der Waals surface area contributed by atoms with Crippen LogP contribution in [0.2, 0.25) is 0 Å². The Balaban J connectivity index is 2.45. The van der Waals surface area contributed by atoms with Crippen LogP contribution in [-0.4, -0.2) is 54.2 Å². The fourth-order valence-corrected chi connectivity index (χ4v) is 2.92. The van der Waals surface area contributed by atoms with Crippen molar-refractivity contribution in [2.45, 2.75) is 33.1 Å². The van der Waals surface area contributed by atoms with E-state index < -0.39 is 0 Å². The summed E-state index contributed by atoms with van der Waals surface area (Å²) in [6.07, 6.45) is 2.74. The SMILES string of the molecule is CCc1nnc(N2CCCN(C)CC2)c(C(=N)N)c1CC. The number of nitrogens with one attached hydrogen (secondary N) is 1. The average Bonchev–Trinajstić information content (AvgIpc) is 2.70. The Morgan fingerprint density at radius 3 is 2.52 bits per heavy atom. The number of likely N-dealkylation sites (N-methyl/N-ethyl adjacent to an activating group) is 1. The fourth-order valence-electron chi connectivity index (χ4n) is 2.92. The molecule has 2 rings (SSSR count). The normalized spacial score (nSPS) is 16.8. The zero-order chi connectivity index (χ0) is 15.4. The van der Waals surface area contributed by atoms with E-state index in [1.165, 1.54) is 0 Å². The second-order valence-electron chi connectivity index (χ2n) is 5.59. The molecule has 0 spiro atoms. The van der Waals surface area contributed by atoms with Gasteiger partial charge in [-0.3, -0.25) is 5.41 Å². The average molecular weight is 290 g/mol. The number of nitrogens with zero attached hydrogens (tertiary/aromatic N) is 4. The number of hydrogen-bond acceptors (Lipinski definition) is 5. The fraction of sp³-hybridized carbons (Fsp3) is 0.667. The molecule has 6 heteroatoms. The second kappa shape index (κ2) is 6.85. The van der Waals surface area contributed by atoms with Crippen molar-refractivity contribution in [3.8, 4) is 0 Å². The number of rotatable bonds is 4. The van der Waals surface area contributed by atoms with Crippen LogP contribution < -0.4 is 10.6 Å². The molecule has 116 valence electrons. The molecule has 0 aromatic carbocycles. The van der Waals surface area contributed by atoms with Crippen molar-refractivity contribution in [1.82, 2.24) is 15.1 Å². The third-order valence-corrected chi connectivity index (χ3v) is 4.12.